The fraction of sp³-hybridized carbons (Fsp3) is 0.300. The van der Waals surface area contributed by atoms with Crippen LogP contribution in [0.3, 0.4) is 0 Å². The molecule has 2 amide bonds. The van der Waals surface area contributed by atoms with Gasteiger partial charge in [0, 0.05) is 57.6 Å². The van der Waals surface area contributed by atoms with Crippen LogP contribution in [0, 0.1) is 0 Å². The lowest BCUT2D eigenvalue weighted by atomic mass is 9.95. The first-order valence-electron chi connectivity index (χ1n) is 13.3. The standard InChI is InChI=1S/C30H29ClN4O3S/c31-21-9-11-22(12-10-21)33-29(37)28-24-6-2-4-8-26(24)39-30(28)32-17-20-18-35(25-7-3-1-5-23(20)25)19-27(36)34-13-15-38-16-14-34/h1,3,5,7,9-12,17-18H,2,4,6,8,13-16,19H2,(H,33,37). The summed E-state index contributed by atoms with van der Waals surface area (Å²) in [6.45, 7) is 2.66. The third-order valence-corrected chi connectivity index (χ3v) is 8.74. The SMILES string of the molecule is O=C(Nc1ccc(Cl)cc1)c1c(N=Cc2cn(CC(=O)N3CCOCC3)c3ccccc23)sc2c1CCCC2. The van der Waals surface area contributed by atoms with Crippen LogP contribution in [0.4, 0.5) is 10.7 Å². The monoisotopic (exact) mass is 560 g/mol. The Kier molecular flexibility index (Phi) is 7.50. The molecule has 39 heavy (non-hydrogen) atoms. The zero-order valence-electron chi connectivity index (χ0n) is 21.5. The van der Waals surface area contributed by atoms with E-state index < -0.39 is 0 Å². The number of hydrogen-bond donors (Lipinski definition) is 1. The largest absolute Gasteiger partial charge is 0.378 e. The number of nitrogens with one attached hydrogen (secondary N) is 1. The second-order valence-corrected chi connectivity index (χ2v) is 11.4. The van der Waals surface area contributed by atoms with Crippen molar-refractivity contribution in [2.24, 2.45) is 4.99 Å². The van der Waals surface area contributed by atoms with Crippen molar-refractivity contribution in [2.45, 2.75) is 32.2 Å². The molecule has 0 radical (unpaired) electrons. The fourth-order valence-corrected chi connectivity index (χ4v) is 6.66. The molecule has 1 aliphatic heterocycles. The molecular weight excluding hydrogens is 532 g/mol. The maximum absolute atomic E-state index is 13.5. The molecule has 6 rings (SSSR count). The van der Waals surface area contributed by atoms with Gasteiger partial charge in [0.15, 0.2) is 0 Å². The smallest absolute Gasteiger partial charge is 0.259 e. The fourth-order valence-electron chi connectivity index (χ4n) is 5.30. The molecule has 0 atom stereocenters. The van der Waals surface area contributed by atoms with Gasteiger partial charge in [0.2, 0.25) is 5.91 Å². The maximum Gasteiger partial charge on any atom is 0.259 e. The highest BCUT2D eigenvalue weighted by Crippen LogP contribution is 2.40. The van der Waals surface area contributed by atoms with Crippen molar-refractivity contribution in [1.82, 2.24) is 9.47 Å². The van der Waals surface area contributed by atoms with E-state index >= 15 is 0 Å². The first-order valence-corrected chi connectivity index (χ1v) is 14.4. The van der Waals surface area contributed by atoms with Gasteiger partial charge in [0.05, 0.1) is 18.8 Å². The number of thiophene rings is 1. The molecule has 1 saturated heterocycles. The van der Waals surface area contributed by atoms with Gasteiger partial charge in [-0.1, -0.05) is 29.8 Å². The zero-order valence-corrected chi connectivity index (χ0v) is 23.1. The summed E-state index contributed by atoms with van der Waals surface area (Å²) in [5, 5.41) is 5.38. The number of halogens is 1. The molecule has 4 aromatic rings. The number of amides is 2. The summed E-state index contributed by atoms with van der Waals surface area (Å²) in [4.78, 5) is 34.4. The van der Waals surface area contributed by atoms with Gasteiger partial charge in [-0.2, -0.15) is 0 Å². The number of aliphatic imine (C=N–C) groups is 1. The topological polar surface area (TPSA) is 75.9 Å². The summed E-state index contributed by atoms with van der Waals surface area (Å²) in [5.41, 5.74) is 4.36. The van der Waals surface area contributed by atoms with Crippen molar-refractivity contribution in [3.8, 4) is 0 Å². The van der Waals surface area contributed by atoms with Crippen LogP contribution in [0.25, 0.3) is 10.9 Å². The molecule has 0 spiro atoms. The molecule has 9 heteroatoms. The highest BCUT2D eigenvalue weighted by Gasteiger charge is 2.25. The van der Waals surface area contributed by atoms with Crippen molar-refractivity contribution in [1.29, 1.82) is 0 Å². The molecule has 1 N–H and O–H groups in total. The average molecular weight is 561 g/mol. The number of fused-ring (bicyclic) bond motifs is 2. The van der Waals surface area contributed by atoms with Crippen LogP contribution in [0.2, 0.25) is 5.02 Å². The first-order chi connectivity index (χ1) is 19.1. The van der Waals surface area contributed by atoms with Gasteiger partial charge in [0.25, 0.3) is 5.91 Å². The molecule has 0 unspecified atom stereocenters. The number of carbonyl (C=O) groups is 2. The zero-order chi connectivity index (χ0) is 26.8. The van der Waals surface area contributed by atoms with Gasteiger partial charge in [-0.05, 0) is 61.6 Å². The van der Waals surface area contributed by atoms with E-state index in [0.717, 1.165) is 52.7 Å². The van der Waals surface area contributed by atoms with Crippen LogP contribution in [0.5, 0.6) is 0 Å². The molecule has 0 saturated carbocycles. The Hall–Kier alpha value is -3.46. The molecule has 2 aliphatic rings. The molecule has 1 aliphatic carbocycles. The van der Waals surface area contributed by atoms with E-state index in [1.165, 1.54) is 4.88 Å². The van der Waals surface area contributed by atoms with Gasteiger partial charge >= 0.3 is 0 Å². The summed E-state index contributed by atoms with van der Waals surface area (Å²) in [5.74, 6) is -0.0722. The third-order valence-electron chi connectivity index (χ3n) is 7.29. The second kappa shape index (κ2) is 11.3. The predicted molar refractivity (Wildman–Crippen MR) is 157 cm³/mol. The summed E-state index contributed by atoms with van der Waals surface area (Å²) in [6, 6.07) is 15.2. The second-order valence-electron chi connectivity index (χ2n) is 9.83. The van der Waals surface area contributed by atoms with E-state index in [9.17, 15) is 9.59 Å². The number of anilines is 1. The normalized spacial score (nSPS) is 15.6. The lowest BCUT2D eigenvalue weighted by Gasteiger charge is -2.27. The minimum Gasteiger partial charge on any atom is -0.378 e. The molecule has 1 fully saturated rings. The Morgan fingerprint density at radius 2 is 1.82 bits per heavy atom. The summed E-state index contributed by atoms with van der Waals surface area (Å²) >= 11 is 7.62. The number of benzene rings is 2. The van der Waals surface area contributed by atoms with E-state index in [-0.39, 0.29) is 18.4 Å². The number of para-hydroxylation sites is 1. The van der Waals surface area contributed by atoms with Gasteiger partial charge in [-0.25, -0.2) is 4.99 Å². The van der Waals surface area contributed by atoms with E-state index in [1.807, 2.05) is 46.1 Å². The van der Waals surface area contributed by atoms with Crippen molar-refractivity contribution >= 4 is 62.6 Å². The number of ether oxygens (including phenoxy) is 1. The summed E-state index contributed by atoms with van der Waals surface area (Å²) in [7, 11) is 0. The molecular formula is C30H29ClN4O3S. The molecule has 2 aromatic heterocycles. The van der Waals surface area contributed by atoms with Crippen molar-refractivity contribution in [3.05, 3.63) is 81.3 Å². The molecule has 200 valence electrons. The van der Waals surface area contributed by atoms with Crippen LogP contribution in [0.15, 0.2) is 59.7 Å². The maximum atomic E-state index is 13.5. The van der Waals surface area contributed by atoms with E-state index in [4.69, 9.17) is 21.3 Å². The number of aromatic nitrogens is 1. The summed E-state index contributed by atoms with van der Waals surface area (Å²) in [6.07, 6.45) is 7.85. The highest BCUT2D eigenvalue weighted by atomic mass is 35.5. The number of rotatable bonds is 6. The van der Waals surface area contributed by atoms with E-state index in [0.29, 0.717) is 42.6 Å². The minimum atomic E-state index is -0.151. The van der Waals surface area contributed by atoms with Crippen LogP contribution in [-0.4, -0.2) is 53.8 Å². The van der Waals surface area contributed by atoms with Crippen molar-refractivity contribution < 1.29 is 14.3 Å². The molecule has 3 heterocycles. The van der Waals surface area contributed by atoms with Crippen LogP contribution in [-0.2, 0) is 28.9 Å². The predicted octanol–water partition coefficient (Wildman–Crippen LogP) is 6.10. The molecule has 0 bridgehead atoms. The number of aryl methyl sites for hydroxylation is 1. The Balaban J connectivity index is 1.31. The lowest BCUT2D eigenvalue weighted by molar-refractivity contribution is -0.135. The first kappa shape index (κ1) is 25.8. The van der Waals surface area contributed by atoms with Crippen LogP contribution < -0.4 is 5.32 Å². The van der Waals surface area contributed by atoms with Gasteiger partial charge in [0.1, 0.15) is 11.5 Å². The number of hydrogen-bond acceptors (Lipinski definition) is 5. The van der Waals surface area contributed by atoms with Crippen molar-refractivity contribution in [3.63, 3.8) is 0 Å². The number of morpholine rings is 1. The number of carbonyl (C=O) groups excluding carboxylic acids is 2. The lowest BCUT2D eigenvalue weighted by Crippen LogP contribution is -2.42. The average Bonchev–Trinajstić information content (AvgIpc) is 3.51. The van der Waals surface area contributed by atoms with Crippen molar-refractivity contribution in [2.75, 3.05) is 31.6 Å². The Morgan fingerprint density at radius 1 is 1.05 bits per heavy atom. The Morgan fingerprint density at radius 3 is 2.64 bits per heavy atom. The van der Waals surface area contributed by atoms with Gasteiger partial charge in [-0.3, -0.25) is 9.59 Å². The van der Waals surface area contributed by atoms with Crippen LogP contribution in [0.1, 0.15) is 39.2 Å². The van der Waals surface area contributed by atoms with Gasteiger partial charge < -0.3 is 19.5 Å². The van der Waals surface area contributed by atoms with E-state index in [2.05, 4.69) is 5.32 Å². The van der Waals surface area contributed by atoms with Crippen LogP contribution >= 0.6 is 22.9 Å². The minimum absolute atomic E-state index is 0.0784. The highest BCUT2D eigenvalue weighted by molar-refractivity contribution is 7.16. The molecule has 7 nitrogen and oxygen atoms in total. The third kappa shape index (κ3) is 5.50. The summed E-state index contributed by atoms with van der Waals surface area (Å²) < 4.78 is 7.38. The quantitative estimate of drug-likeness (QED) is 0.290. The van der Waals surface area contributed by atoms with E-state index in [1.54, 1.807) is 35.6 Å². The van der Waals surface area contributed by atoms with Gasteiger partial charge in [-0.15, -0.1) is 11.3 Å². The molecule has 2 aromatic carbocycles. The Bertz CT molecular complexity index is 1550. The number of nitrogens with zero attached hydrogens (tertiary/aromatic N) is 3. The Labute approximate surface area is 236 Å².